The second-order valence-electron chi connectivity index (χ2n) is 3.77. The highest BCUT2D eigenvalue weighted by molar-refractivity contribution is 5.69. The summed E-state index contributed by atoms with van der Waals surface area (Å²) in [6, 6.07) is 0.366. The first-order valence-electron chi connectivity index (χ1n) is 4.85. The second-order valence-corrected chi connectivity index (χ2v) is 3.77. The SMILES string of the molecule is O=C(O)CN1CCOC2CCCC21. The molecular weight excluding hydrogens is 170 g/mol. The van der Waals surface area contributed by atoms with E-state index >= 15 is 0 Å². The van der Waals surface area contributed by atoms with E-state index in [0.29, 0.717) is 18.8 Å². The lowest BCUT2D eigenvalue weighted by Crippen LogP contribution is -2.50. The fourth-order valence-electron chi connectivity index (χ4n) is 2.38. The van der Waals surface area contributed by atoms with E-state index in [4.69, 9.17) is 9.84 Å². The van der Waals surface area contributed by atoms with Crippen LogP contribution in [0.5, 0.6) is 0 Å². The fourth-order valence-corrected chi connectivity index (χ4v) is 2.38. The number of carboxylic acids is 1. The molecule has 2 aliphatic rings. The first kappa shape index (κ1) is 8.97. The van der Waals surface area contributed by atoms with Crippen LogP contribution in [0.25, 0.3) is 0 Å². The number of aliphatic carboxylic acids is 1. The molecule has 0 aromatic rings. The third kappa shape index (κ3) is 1.84. The molecule has 0 aromatic heterocycles. The predicted molar refractivity (Wildman–Crippen MR) is 46.6 cm³/mol. The van der Waals surface area contributed by atoms with Crippen LogP contribution >= 0.6 is 0 Å². The number of fused-ring (bicyclic) bond motifs is 1. The van der Waals surface area contributed by atoms with Gasteiger partial charge in [0.1, 0.15) is 0 Å². The fraction of sp³-hybridized carbons (Fsp3) is 0.889. The number of nitrogens with zero attached hydrogens (tertiary/aromatic N) is 1. The number of hydrogen-bond acceptors (Lipinski definition) is 3. The third-order valence-corrected chi connectivity index (χ3v) is 2.94. The van der Waals surface area contributed by atoms with Crippen LogP contribution in [0, 0.1) is 0 Å². The Bertz CT molecular complexity index is 207. The van der Waals surface area contributed by atoms with Gasteiger partial charge in [0.15, 0.2) is 0 Å². The molecule has 1 heterocycles. The van der Waals surface area contributed by atoms with E-state index in [9.17, 15) is 4.79 Å². The van der Waals surface area contributed by atoms with E-state index in [1.807, 2.05) is 4.90 Å². The summed E-state index contributed by atoms with van der Waals surface area (Å²) in [6.07, 6.45) is 3.66. The molecule has 1 N–H and O–H groups in total. The van der Waals surface area contributed by atoms with Gasteiger partial charge in [0, 0.05) is 12.6 Å². The molecule has 0 spiro atoms. The summed E-state index contributed by atoms with van der Waals surface area (Å²) in [4.78, 5) is 12.6. The molecule has 0 radical (unpaired) electrons. The van der Waals surface area contributed by atoms with Gasteiger partial charge in [-0.05, 0) is 19.3 Å². The molecule has 2 fully saturated rings. The molecule has 4 heteroatoms. The summed E-state index contributed by atoms with van der Waals surface area (Å²) >= 11 is 0. The van der Waals surface area contributed by atoms with Gasteiger partial charge in [0.25, 0.3) is 0 Å². The molecule has 2 rings (SSSR count). The lowest BCUT2D eigenvalue weighted by molar-refractivity contribution is -0.142. The van der Waals surface area contributed by atoms with Crippen molar-refractivity contribution in [2.24, 2.45) is 0 Å². The second kappa shape index (κ2) is 3.64. The molecule has 0 amide bonds. The Morgan fingerprint density at radius 1 is 1.54 bits per heavy atom. The minimum atomic E-state index is -0.729. The van der Waals surface area contributed by atoms with E-state index in [1.54, 1.807) is 0 Å². The maximum absolute atomic E-state index is 10.6. The lowest BCUT2D eigenvalue weighted by atomic mass is 10.1. The van der Waals surface area contributed by atoms with Crippen LogP contribution in [0.4, 0.5) is 0 Å². The van der Waals surface area contributed by atoms with Crippen molar-refractivity contribution in [2.75, 3.05) is 19.7 Å². The van der Waals surface area contributed by atoms with E-state index in [2.05, 4.69) is 0 Å². The molecule has 0 aromatic carbocycles. The van der Waals surface area contributed by atoms with Gasteiger partial charge in [0.05, 0.1) is 19.3 Å². The predicted octanol–water partition coefficient (Wildman–Crippen LogP) is 0.324. The van der Waals surface area contributed by atoms with E-state index < -0.39 is 5.97 Å². The van der Waals surface area contributed by atoms with Crippen molar-refractivity contribution >= 4 is 5.97 Å². The number of morpholine rings is 1. The van der Waals surface area contributed by atoms with Gasteiger partial charge >= 0.3 is 5.97 Å². The van der Waals surface area contributed by atoms with Gasteiger partial charge < -0.3 is 9.84 Å². The van der Waals surface area contributed by atoms with Gasteiger partial charge in [-0.3, -0.25) is 9.69 Å². The molecule has 1 saturated heterocycles. The molecule has 1 saturated carbocycles. The topological polar surface area (TPSA) is 49.8 Å². The Morgan fingerprint density at radius 2 is 2.38 bits per heavy atom. The molecule has 2 atom stereocenters. The Hall–Kier alpha value is -0.610. The summed E-state index contributed by atoms with van der Waals surface area (Å²) in [7, 11) is 0. The third-order valence-electron chi connectivity index (χ3n) is 2.94. The van der Waals surface area contributed by atoms with Crippen LogP contribution < -0.4 is 0 Å². The highest BCUT2D eigenvalue weighted by Gasteiger charge is 2.36. The number of hydrogen-bond donors (Lipinski definition) is 1. The highest BCUT2D eigenvalue weighted by atomic mass is 16.5. The largest absolute Gasteiger partial charge is 0.480 e. The first-order valence-corrected chi connectivity index (χ1v) is 4.85. The highest BCUT2D eigenvalue weighted by Crippen LogP contribution is 2.29. The quantitative estimate of drug-likeness (QED) is 0.673. The monoisotopic (exact) mass is 185 g/mol. The zero-order chi connectivity index (χ0) is 9.26. The summed E-state index contributed by atoms with van der Waals surface area (Å²) in [5.41, 5.74) is 0. The zero-order valence-corrected chi connectivity index (χ0v) is 7.61. The Kier molecular flexibility index (Phi) is 2.51. The van der Waals surface area contributed by atoms with Gasteiger partial charge in [-0.15, -0.1) is 0 Å². The standard InChI is InChI=1S/C9H15NO3/c11-9(12)6-10-4-5-13-8-3-1-2-7(8)10/h7-8H,1-6H2,(H,11,12). The number of rotatable bonds is 2. The van der Waals surface area contributed by atoms with Crippen LogP contribution in [0.2, 0.25) is 0 Å². The summed E-state index contributed by atoms with van der Waals surface area (Å²) in [6.45, 7) is 1.63. The average molecular weight is 185 g/mol. The van der Waals surface area contributed by atoms with Crippen molar-refractivity contribution < 1.29 is 14.6 Å². The molecule has 4 nitrogen and oxygen atoms in total. The molecule has 13 heavy (non-hydrogen) atoms. The van der Waals surface area contributed by atoms with Crippen molar-refractivity contribution in [2.45, 2.75) is 31.4 Å². The van der Waals surface area contributed by atoms with Crippen molar-refractivity contribution in [3.63, 3.8) is 0 Å². The Morgan fingerprint density at radius 3 is 3.15 bits per heavy atom. The molecule has 1 aliphatic heterocycles. The molecular formula is C9H15NO3. The first-order chi connectivity index (χ1) is 6.27. The number of carbonyl (C=O) groups is 1. The summed E-state index contributed by atoms with van der Waals surface area (Å²) in [5, 5.41) is 8.70. The minimum absolute atomic E-state index is 0.171. The van der Waals surface area contributed by atoms with E-state index in [1.165, 1.54) is 6.42 Å². The average Bonchev–Trinajstić information content (AvgIpc) is 2.51. The number of ether oxygens (including phenoxy) is 1. The van der Waals surface area contributed by atoms with Crippen LogP contribution in [0.3, 0.4) is 0 Å². The van der Waals surface area contributed by atoms with E-state index in [0.717, 1.165) is 19.4 Å². The van der Waals surface area contributed by atoms with E-state index in [-0.39, 0.29) is 6.54 Å². The molecule has 0 bridgehead atoms. The smallest absolute Gasteiger partial charge is 0.317 e. The van der Waals surface area contributed by atoms with Gasteiger partial charge in [-0.1, -0.05) is 0 Å². The minimum Gasteiger partial charge on any atom is -0.480 e. The van der Waals surface area contributed by atoms with Crippen molar-refractivity contribution in [1.29, 1.82) is 0 Å². The normalized spacial score (nSPS) is 34.5. The van der Waals surface area contributed by atoms with Gasteiger partial charge in [0.2, 0.25) is 0 Å². The van der Waals surface area contributed by atoms with Crippen LogP contribution in [-0.2, 0) is 9.53 Å². The van der Waals surface area contributed by atoms with Gasteiger partial charge in [-0.2, -0.15) is 0 Å². The lowest BCUT2D eigenvalue weighted by Gasteiger charge is -2.36. The maximum Gasteiger partial charge on any atom is 0.317 e. The molecule has 74 valence electrons. The van der Waals surface area contributed by atoms with Crippen molar-refractivity contribution in [3.05, 3.63) is 0 Å². The Balaban J connectivity index is 1.97. The van der Waals surface area contributed by atoms with Crippen molar-refractivity contribution in [3.8, 4) is 0 Å². The summed E-state index contributed by atoms with van der Waals surface area (Å²) < 4.78 is 5.58. The van der Waals surface area contributed by atoms with Crippen molar-refractivity contribution in [1.82, 2.24) is 4.90 Å². The zero-order valence-electron chi connectivity index (χ0n) is 7.61. The van der Waals surface area contributed by atoms with Gasteiger partial charge in [-0.25, -0.2) is 0 Å². The van der Waals surface area contributed by atoms with Crippen LogP contribution in [0.15, 0.2) is 0 Å². The molecule has 1 aliphatic carbocycles. The maximum atomic E-state index is 10.6. The summed E-state index contributed by atoms with van der Waals surface area (Å²) in [5.74, 6) is -0.729. The van der Waals surface area contributed by atoms with Crippen LogP contribution in [-0.4, -0.2) is 47.8 Å². The number of carboxylic acid groups (broad SMARTS) is 1. The molecule has 2 unspecified atom stereocenters. The Labute approximate surface area is 77.5 Å². The van der Waals surface area contributed by atoms with Crippen LogP contribution in [0.1, 0.15) is 19.3 Å².